The molecule has 9 heteroatoms. The minimum atomic E-state index is -0.221. The molecule has 2 saturated heterocycles. The first-order valence-corrected chi connectivity index (χ1v) is 12.0. The van der Waals surface area contributed by atoms with Gasteiger partial charge in [0.05, 0.1) is 42.1 Å². The minimum Gasteiger partial charge on any atom is -0.394 e. The lowest BCUT2D eigenvalue weighted by atomic mass is 10.0. The second-order valence-corrected chi connectivity index (χ2v) is 9.62. The molecule has 1 amide bonds. The SMILES string of the molecule is C[C@H](c1ccc(Cl)cc1Cl)n1cnc2ccc(N3CCN(C(=O)C4CCN4)C(CO)C3)cc21. The summed E-state index contributed by atoms with van der Waals surface area (Å²) in [6, 6.07) is 11.4. The Morgan fingerprint density at radius 1 is 1.24 bits per heavy atom. The number of halogens is 2. The summed E-state index contributed by atoms with van der Waals surface area (Å²) in [6.07, 6.45) is 2.70. The van der Waals surface area contributed by atoms with Crippen LogP contribution >= 0.6 is 23.2 Å². The van der Waals surface area contributed by atoms with Crippen LogP contribution in [0.3, 0.4) is 0 Å². The number of fused-ring (bicyclic) bond motifs is 1. The second kappa shape index (κ2) is 9.14. The summed E-state index contributed by atoms with van der Waals surface area (Å²) in [6.45, 7) is 4.81. The van der Waals surface area contributed by atoms with Crippen molar-refractivity contribution in [3.63, 3.8) is 0 Å². The van der Waals surface area contributed by atoms with Gasteiger partial charge < -0.3 is 24.8 Å². The fourth-order valence-electron chi connectivity index (χ4n) is 4.75. The second-order valence-electron chi connectivity index (χ2n) is 8.78. The molecule has 2 N–H and O–H groups in total. The number of piperazine rings is 1. The van der Waals surface area contributed by atoms with E-state index in [1.165, 1.54) is 0 Å². The lowest BCUT2D eigenvalue weighted by Crippen LogP contribution is -2.63. The first-order chi connectivity index (χ1) is 16.0. The number of imidazole rings is 1. The number of aliphatic hydroxyl groups excluding tert-OH is 1. The Bertz CT molecular complexity index is 1180. The van der Waals surface area contributed by atoms with Crippen molar-refractivity contribution in [1.29, 1.82) is 0 Å². The van der Waals surface area contributed by atoms with E-state index >= 15 is 0 Å². The maximum absolute atomic E-state index is 12.7. The topological polar surface area (TPSA) is 73.6 Å². The summed E-state index contributed by atoms with van der Waals surface area (Å²) in [7, 11) is 0. The van der Waals surface area contributed by atoms with Crippen molar-refractivity contribution in [1.82, 2.24) is 19.8 Å². The largest absolute Gasteiger partial charge is 0.394 e. The van der Waals surface area contributed by atoms with Gasteiger partial charge >= 0.3 is 0 Å². The Hall–Kier alpha value is -2.32. The summed E-state index contributed by atoms with van der Waals surface area (Å²) in [5.41, 5.74) is 3.93. The molecule has 0 saturated carbocycles. The van der Waals surface area contributed by atoms with E-state index in [9.17, 15) is 9.90 Å². The number of rotatable bonds is 5. The zero-order chi connectivity index (χ0) is 23.1. The van der Waals surface area contributed by atoms with Crippen LogP contribution in [0.5, 0.6) is 0 Å². The van der Waals surface area contributed by atoms with Crippen LogP contribution in [0.2, 0.25) is 10.0 Å². The molecule has 1 aromatic heterocycles. The first kappa shape index (κ1) is 22.5. The summed E-state index contributed by atoms with van der Waals surface area (Å²) >= 11 is 12.5. The average molecular weight is 488 g/mol. The number of carbonyl (C=O) groups is 1. The van der Waals surface area contributed by atoms with Crippen LogP contribution in [0.4, 0.5) is 5.69 Å². The van der Waals surface area contributed by atoms with Gasteiger partial charge in [0, 0.05) is 35.4 Å². The molecule has 174 valence electrons. The summed E-state index contributed by atoms with van der Waals surface area (Å²) in [4.78, 5) is 21.4. The van der Waals surface area contributed by atoms with Gasteiger partial charge in [0.2, 0.25) is 5.91 Å². The zero-order valence-electron chi connectivity index (χ0n) is 18.4. The van der Waals surface area contributed by atoms with E-state index in [-0.39, 0.29) is 30.6 Å². The van der Waals surface area contributed by atoms with Crippen LogP contribution in [0.1, 0.15) is 24.9 Å². The van der Waals surface area contributed by atoms with Gasteiger partial charge in [0.25, 0.3) is 0 Å². The molecule has 0 bridgehead atoms. The predicted octanol–water partition coefficient (Wildman–Crippen LogP) is 3.32. The number of benzene rings is 2. The number of aromatic nitrogens is 2. The van der Waals surface area contributed by atoms with E-state index in [1.54, 1.807) is 6.07 Å². The number of hydrogen-bond acceptors (Lipinski definition) is 5. The van der Waals surface area contributed by atoms with Crippen molar-refractivity contribution in [2.75, 3.05) is 37.7 Å². The molecule has 2 unspecified atom stereocenters. The lowest BCUT2D eigenvalue weighted by Gasteiger charge is -2.44. The Morgan fingerprint density at radius 2 is 2.06 bits per heavy atom. The van der Waals surface area contributed by atoms with E-state index in [4.69, 9.17) is 23.2 Å². The molecule has 2 aromatic carbocycles. The number of nitrogens with zero attached hydrogens (tertiary/aromatic N) is 4. The molecule has 0 radical (unpaired) electrons. The van der Waals surface area contributed by atoms with E-state index in [0.717, 1.165) is 35.2 Å². The van der Waals surface area contributed by atoms with Gasteiger partial charge in [-0.25, -0.2) is 4.98 Å². The fraction of sp³-hybridized carbons (Fsp3) is 0.417. The van der Waals surface area contributed by atoms with Crippen LogP contribution in [0, 0.1) is 0 Å². The van der Waals surface area contributed by atoms with Crippen molar-refractivity contribution in [3.05, 3.63) is 58.3 Å². The molecule has 2 aliphatic heterocycles. The van der Waals surface area contributed by atoms with Gasteiger partial charge in [-0.15, -0.1) is 0 Å². The number of anilines is 1. The number of aliphatic hydroxyl groups is 1. The van der Waals surface area contributed by atoms with E-state index in [2.05, 4.69) is 38.8 Å². The Labute approximate surface area is 202 Å². The van der Waals surface area contributed by atoms with Gasteiger partial charge in [-0.3, -0.25) is 4.79 Å². The molecule has 3 heterocycles. The van der Waals surface area contributed by atoms with E-state index in [1.807, 2.05) is 29.4 Å². The molecule has 3 aromatic rings. The molecular formula is C24H27Cl2N5O2. The number of hydrogen-bond donors (Lipinski definition) is 2. The summed E-state index contributed by atoms with van der Waals surface area (Å²) < 4.78 is 2.11. The molecule has 7 nitrogen and oxygen atoms in total. The quantitative estimate of drug-likeness (QED) is 0.577. The molecule has 2 aliphatic rings. The molecule has 2 fully saturated rings. The minimum absolute atomic E-state index is 0.0235. The van der Waals surface area contributed by atoms with Crippen molar-refractivity contribution in [3.8, 4) is 0 Å². The molecular weight excluding hydrogens is 461 g/mol. The average Bonchev–Trinajstić information content (AvgIpc) is 3.20. The molecule has 3 atom stereocenters. The lowest BCUT2D eigenvalue weighted by molar-refractivity contribution is -0.139. The summed E-state index contributed by atoms with van der Waals surface area (Å²) in [5.74, 6) is 0.0992. The number of carbonyl (C=O) groups excluding carboxylic acids is 1. The third-order valence-corrected chi connectivity index (χ3v) is 7.41. The van der Waals surface area contributed by atoms with Crippen molar-refractivity contribution >= 4 is 45.8 Å². The fourth-order valence-corrected chi connectivity index (χ4v) is 5.31. The van der Waals surface area contributed by atoms with E-state index in [0.29, 0.717) is 29.7 Å². The standard InChI is InChI=1S/C24H27Cl2N5O2/c1-15(19-4-2-16(25)10-20(19)26)31-14-28-21-5-3-17(11-23(21)31)29-8-9-30(18(12-29)13-32)24(33)22-6-7-27-22/h2-5,10-11,14-15,18,22,27,32H,6-9,12-13H2,1H3/t15-,18?,22?/m1/s1. The molecule has 0 spiro atoms. The van der Waals surface area contributed by atoms with Crippen LogP contribution in [0.25, 0.3) is 11.0 Å². The predicted molar refractivity (Wildman–Crippen MR) is 131 cm³/mol. The Kier molecular flexibility index (Phi) is 6.22. The van der Waals surface area contributed by atoms with Crippen molar-refractivity contribution in [2.45, 2.75) is 31.5 Å². The zero-order valence-corrected chi connectivity index (χ0v) is 19.9. The van der Waals surface area contributed by atoms with Gasteiger partial charge in [0.1, 0.15) is 0 Å². The highest BCUT2D eigenvalue weighted by molar-refractivity contribution is 6.35. The van der Waals surface area contributed by atoms with Gasteiger partial charge in [0.15, 0.2) is 0 Å². The third kappa shape index (κ3) is 4.19. The highest BCUT2D eigenvalue weighted by atomic mass is 35.5. The number of amides is 1. The molecule has 5 rings (SSSR count). The van der Waals surface area contributed by atoms with Crippen molar-refractivity contribution < 1.29 is 9.90 Å². The third-order valence-electron chi connectivity index (χ3n) is 6.85. The molecule has 0 aliphatic carbocycles. The molecule has 33 heavy (non-hydrogen) atoms. The van der Waals surface area contributed by atoms with Crippen molar-refractivity contribution in [2.24, 2.45) is 0 Å². The Balaban J connectivity index is 1.40. The van der Waals surface area contributed by atoms with Crippen LogP contribution in [-0.4, -0.2) is 70.3 Å². The maximum Gasteiger partial charge on any atom is 0.240 e. The van der Waals surface area contributed by atoms with Crippen LogP contribution in [-0.2, 0) is 4.79 Å². The van der Waals surface area contributed by atoms with Gasteiger partial charge in [-0.1, -0.05) is 29.3 Å². The maximum atomic E-state index is 12.7. The smallest absolute Gasteiger partial charge is 0.240 e. The normalized spacial score (nSPS) is 21.8. The monoisotopic (exact) mass is 487 g/mol. The van der Waals surface area contributed by atoms with Crippen LogP contribution in [0.15, 0.2) is 42.7 Å². The van der Waals surface area contributed by atoms with E-state index < -0.39 is 0 Å². The first-order valence-electron chi connectivity index (χ1n) is 11.3. The van der Waals surface area contributed by atoms with Crippen LogP contribution < -0.4 is 10.2 Å². The highest BCUT2D eigenvalue weighted by Gasteiger charge is 2.36. The van der Waals surface area contributed by atoms with Gasteiger partial charge in [-0.2, -0.15) is 0 Å². The summed E-state index contributed by atoms with van der Waals surface area (Å²) in [5, 5.41) is 14.4. The Morgan fingerprint density at radius 3 is 2.76 bits per heavy atom. The highest BCUT2D eigenvalue weighted by Crippen LogP contribution is 2.32. The number of nitrogens with one attached hydrogen (secondary N) is 1. The van der Waals surface area contributed by atoms with Gasteiger partial charge in [-0.05, 0) is 55.8 Å².